The Labute approximate surface area is 189 Å². The standard InChI is InChI=1S/C24H29N3O4S/c1-3-27(4-2)15-9-14-25-32(30,31)23-13-8-7-12-21(23)26-24(29)20-16-18-10-5-6-11-19(18)17-22(20)28/h5-8,10-13,16-17,25,28H,3-4,9,14-15H2,1-2H3,(H,26,29). The highest BCUT2D eigenvalue weighted by molar-refractivity contribution is 7.89. The van der Waals surface area contributed by atoms with Crippen molar-refractivity contribution >= 4 is 32.4 Å². The molecule has 0 aromatic heterocycles. The Morgan fingerprint density at radius 2 is 1.59 bits per heavy atom. The van der Waals surface area contributed by atoms with E-state index in [-0.39, 0.29) is 21.9 Å². The lowest BCUT2D eigenvalue weighted by molar-refractivity contribution is 0.102. The normalized spacial score (nSPS) is 11.7. The molecular formula is C24H29N3O4S. The molecule has 0 fully saturated rings. The van der Waals surface area contributed by atoms with E-state index in [4.69, 9.17) is 0 Å². The number of carbonyl (C=O) groups excluding carboxylic acids is 1. The quantitative estimate of drug-likeness (QED) is 0.404. The van der Waals surface area contributed by atoms with Gasteiger partial charge >= 0.3 is 0 Å². The lowest BCUT2D eigenvalue weighted by Crippen LogP contribution is -2.30. The van der Waals surface area contributed by atoms with Gasteiger partial charge in [-0.3, -0.25) is 4.79 Å². The zero-order valence-electron chi connectivity index (χ0n) is 18.3. The lowest BCUT2D eigenvalue weighted by Gasteiger charge is -2.18. The van der Waals surface area contributed by atoms with Gasteiger partial charge in [0, 0.05) is 6.54 Å². The maximum Gasteiger partial charge on any atom is 0.259 e. The van der Waals surface area contributed by atoms with Gasteiger partial charge in [-0.15, -0.1) is 0 Å². The van der Waals surface area contributed by atoms with E-state index in [2.05, 4.69) is 28.8 Å². The molecular weight excluding hydrogens is 426 g/mol. The van der Waals surface area contributed by atoms with Crippen molar-refractivity contribution in [3.8, 4) is 5.75 Å². The first kappa shape index (κ1) is 23.7. The number of phenols is 1. The molecule has 0 heterocycles. The van der Waals surface area contributed by atoms with Crippen LogP contribution in [0.1, 0.15) is 30.6 Å². The van der Waals surface area contributed by atoms with E-state index in [0.29, 0.717) is 13.0 Å². The largest absolute Gasteiger partial charge is 0.507 e. The van der Waals surface area contributed by atoms with E-state index in [1.807, 2.05) is 24.3 Å². The van der Waals surface area contributed by atoms with Crippen molar-refractivity contribution in [2.45, 2.75) is 25.2 Å². The summed E-state index contributed by atoms with van der Waals surface area (Å²) in [5.74, 6) is -0.756. The molecule has 3 rings (SSSR count). The second kappa shape index (κ2) is 10.6. The molecule has 7 nitrogen and oxygen atoms in total. The molecule has 0 aliphatic rings. The van der Waals surface area contributed by atoms with E-state index in [9.17, 15) is 18.3 Å². The summed E-state index contributed by atoms with van der Waals surface area (Å²) in [7, 11) is -3.82. The first-order valence-electron chi connectivity index (χ1n) is 10.7. The van der Waals surface area contributed by atoms with E-state index >= 15 is 0 Å². The number of para-hydroxylation sites is 1. The molecule has 0 aliphatic carbocycles. The number of anilines is 1. The average Bonchev–Trinajstić information content (AvgIpc) is 2.79. The molecule has 3 aromatic carbocycles. The molecule has 8 heteroatoms. The first-order valence-corrected chi connectivity index (χ1v) is 12.2. The minimum atomic E-state index is -3.82. The lowest BCUT2D eigenvalue weighted by atomic mass is 10.1. The van der Waals surface area contributed by atoms with Gasteiger partial charge in [0.15, 0.2) is 0 Å². The van der Waals surface area contributed by atoms with Crippen LogP contribution in [0.3, 0.4) is 0 Å². The number of aromatic hydroxyl groups is 1. The molecule has 0 atom stereocenters. The molecule has 0 aliphatic heterocycles. The predicted molar refractivity (Wildman–Crippen MR) is 128 cm³/mol. The maximum atomic E-state index is 12.9. The van der Waals surface area contributed by atoms with Crippen molar-refractivity contribution in [1.82, 2.24) is 9.62 Å². The predicted octanol–water partition coefficient (Wildman–Crippen LogP) is 3.81. The molecule has 0 saturated heterocycles. The molecule has 32 heavy (non-hydrogen) atoms. The molecule has 0 bridgehead atoms. The fraction of sp³-hybridized carbons (Fsp3) is 0.292. The van der Waals surface area contributed by atoms with Crippen molar-refractivity contribution in [1.29, 1.82) is 0 Å². The van der Waals surface area contributed by atoms with Crippen LogP contribution in [0.25, 0.3) is 10.8 Å². The van der Waals surface area contributed by atoms with Crippen LogP contribution in [0.2, 0.25) is 0 Å². The molecule has 3 aromatic rings. The smallest absolute Gasteiger partial charge is 0.259 e. The number of amides is 1. The molecule has 0 radical (unpaired) electrons. The first-order chi connectivity index (χ1) is 15.4. The van der Waals surface area contributed by atoms with Crippen LogP contribution < -0.4 is 10.0 Å². The number of hydrogen-bond donors (Lipinski definition) is 3. The molecule has 170 valence electrons. The minimum absolute atomic E-state index is 0.0172. The number of hydrogen-bond acceptors (Lipinski definition) is 5. The molecule has 0 spiro atoms. The number of rotatable bonds is 10. The maximum absolute atomic E-state index is 12.9. The zero-order chi connectivity index (χ0) is 23.1. The summed E-state index contributed by atoms with van der Waals surface area (Å²) in [5.41, 5.74) is 0.226. The van der Waals surface area contributed by atoms with Crippen LogP contribution in [0, 0.1) is 0 Å². The number of nitrogens with zero attached hydrogens (tertiary/aromatic N) is 1. The molecule has 0 saturated carbocycles. The Balaban J connectivity index is 1.76. The summed E-state index contributed by atoms with van der Waals surface area (Å²) in [6.45, 7) is 7.07. The third-order valence-electron chi connectivity index (χ3n) is 5.37. The second-order valence-electron chi connectivity index (χ2n) is 7.45. The number of nitrogens with one attached hydrogen (secondary N) is 2. The summed E-state index contributed by atoms with van der Waals surface area (Å²) in [5, 5.41) is 14.6. The van der Waals surface area contributed by atoms with Gasteiger partial charge in [-0.2, -0.15) is 0 Å². The third kappa shape index (κ3) is 5.64. The Bertz CT molecular complexity index is 1190. The van der Waals surface area contributed by atoms with Crippen LogP contribution in [0.5, 0.6) is 5.75 Å². The fourth-order valence-electron chi connectivity index (χ4n) is 3.53. The molecule has 0 unspecified atom stereocenters. The highest BCUT2D eigenvalue weighted by Gasteiger charge is 2.21. The minimum Gasteiger partial charge on any atom is -0.507 e. The van der Waals surface area contributed by atoms with E-state index in [1.165, 1.54) is 18.2 Å². The van der Waals surface area contributed by atoms with Crippen LogP contribution in [-0.4, -0.2) is 50.5 Å². The molecule has 1 amide bonds. The number of fused-ring (bicyclic) bond motifs is 1. The van der Waals surface area contributed by atoms with E-state index in [1.54, 1.807) is 18.2 Å². The highest BCUT2D eigenvalue weighted by atomic mass is 32.2. The number of phenolic OH excluding ortho intramolecular Hbond substituents is 1. The van der Waals surface area contributed by atoms with Crippen LogP contribution >= 0.6 is 0 Å². The van der Waals surface area contributed by atoms with Gasteiger partial charge in [0.1, 0.15) is 10.6 Å². The highest BCUT2D eigenvalue weighted by Crippen LogP contribution is 2.27. The SMILES string of the molecule is CCN(CC)CCCNS(=O)(=O)c1ccccc1NC(=O)c1cc2ccccc2cc1O. The number of sulfonamides is 1. The van der Waals surface area contributed by atoms with Crippen LogP contribution in [0.15, 0.2) is 65.6 Å². The Hall–Kier alpha value is -2.94. The fourth-order valence-corrected chi connectivity index (χ4v) is 4.77. The van der Waals surface area contributed by atoms with Crippen LogP contribution in [-0.2, 0) is 10.0 Å². The van der Waals surface area contributed by atoms with Crippen molar-refractivity contribution in [3.05, 3.63) is 66.2 Å². The average molecular weight is 456 g/mol. The Morgan fingerprint density at radius 3 is 2.28 bits per heavy atom. The summed E-state index contributed by atoms with van der Waals surface area (Å²) in [6, 6.07) is 16.7. The Morgan fingerprint density at radius 1 is 0.969 bits per heavy atom. The van der Waals surface area contributed by atoms with Gasteiger partial charge in [0.05, 0.1) is 11.3 Å². The van der Waals surface area contributed by atoms with E-state index in [0.717, 1.165) is 30.4 Å². The number of carbonyl (C=O) groups is 1. The van der Waals surface area contributed by atoms with Gasteiger partial charge in [-0.05, 0) is 61.1 Å². The second-order valence-corrected chi connectivity index (χ2v) is 9.18. The van der Waals surface area contributed by atoms with Gasteiger partial charge in [-0.25, -0.2) is 13.1 Å². The van der Waals surface area contributed by atoms with E-state index < -0.39 is 15.9 Å². The van der Waals surface area contributed by atoms with Gasteiger partial charge in [-0.1, -0.05) is 50.2 Å². The van der Waals surface area contributed by atoms with Crippen LogP contribution in [0.4, 0.5) is 5.69 Å². The summed E-state index contributed by atoms with van der Waals surface area (Å²) in [4.78, 5) is 15.1. The van der Waals surface area contributed by atoms with Crippen molar-refractivity contribution in [2.24, 2.45) is 0 Å². The number of benzene rings is 3. The monoisotopic (exact) mass is 455 g/mol. The summed E-state index contributed by atoms with van der Waals surface area (Å²) in [6.07, 6.45) is 0.681. The van der Waals surface area contributed by atoms with Crippen molar-refractivity contribution < 1.29 is 18.3 Å². The van der Waals surface area contributed by atoms with Gasteiger partial charge in [0.25, 0.3) is 5.91 Å². The molecule has 3 N–H and O–H groups in total. The van der Waals surface area contributed by atoms with Crippen molar-refractivity contribution in [3.63, 3.8) is 0 Å². The summed E-state index contributed by atoms with van der Waals surface area (Å²) < 4.78 is 28.4. The van der Waals surface area contributed by atoms with Gasteiger partial charge < -0.3 is 15.3 Å². The summed E-state index contributed by atoms with van der Waals surface area (Å²) >= 11 is 0. The zero-order valence-corrected chi connectivity index (χ0v) is 19.2. The third-order valence-corrected chi connectivity index (χ3v) is 6.89. The Kier molecular flexibility index (Phi) is 7.84. The van der Waals surface area contributed by atoms with Crippen molar-refractivity contribution in [2.75, 3.05) is 31.5 Å². The topological polar surface area (TPSA) is 98.7 Å². The van der Waals surface area contributed by atoms with Gasteiger partial charge in [0.2, 0.25) is 10.0 Å².